The van der Waals surface area contributed by atoms with Gasteiger partial charge >= 0.3 is 5.97 Å². The van der Waals surface area contributed by atoms with Crippen molar-refractivity contribution in [1.82, 2.24) is 15.1 Å². The van der Waals surface area contributed by atoms with Crippen molar-refractivity contribution >= 4 is 34.2 Å². The minimum absolute atomic E-state index is 0.0697. The van der Waals surface area contributed by atoms with Crippen LogP contribution in [-0.2, 0) is 33.7 Å². The van der Waals surface area contributed by atoms with Gasteiger partial charge in [-0.15, -0.1) is 0 Å². The zero-order valence-corrected chi connectivity index (χ0v) is 21.6. The maximum Gasteiger partial charge on any atom is 0.309 e. The standard InChI is InChI=1S/C30H33N5O3/c1-38-30(37)16-21-7-9-25(10-8-21)33-29(36)15-22-4-2-5-23(14-22)19-35-13-3-6-27(20-35)32-26-11-12-28-24(17-26)18-31-34-28/h2,4-5,7-12,14,17-18,27,32H,3,6,13,15-16,19-20H2,1H3,(H,31,34)(H,33,36). The van der Waals surface area contributed by atoms with Gasteiger partial charge in [0.2, 0.25) is 5.91 Å². The number of aromatic amines is 1. The van der Waals surface area contributed by atoms with Crippen molar-refractivity contribution in [3.63, 3.8) is 0 Å². The zero-order chi connectivity index (χ0) is 26.3. The molecule has 3 aromatic carbocycles. The molecule has 3 N–H and O–H groups in total. The van der Waals surface area contributed by atoms with Gasteiger partial charge in [0.25, 0.3) is 0 Å². The van der Waals surface area contributed by atoms with Gasteiger partial charge in [-0.3, -0.25) is 19.6 Å². The Hall–Kier alpha value is -4.17. The summed E-state index contributed by atoms with van der Waals surface area (Å²) in [6.07, 6.45) is 4.66. The maximum absolute atomic E-state index is 12.7. The molecule has 1 aliphatic heterocycles. The Morgan fingerprint density at radius 1 is 1.00 bits per heavy atom. The highest BCUT2D eigenvalue weighted by atomic mass is 16.5. The van der Waals surface area contributed by atoms with E-state index >= 15 is 0 Å². The van der Waals surface area contributed by atoms with E-state index in [1.165, 1.54) is 12.7 Å². The fourth-order valence-electron chi connectivity index (χ4n) is 5.02. The molecule has 2 heterocycles. The first-order valence-electron chi connectivity index (χ1n) is 13.0. The largest absolute Gasteiger partial charge is 0.469 e. The Morgan fingerprint density at radius 2 is 1.82 bits per heavy atom. The number of fused-ring (bicyclic) bond motifs is 1. The summed E-state index contributed by atoms with van der Waals surface area (Å²) in [5.41, 5.74) is 5.92. The normalized spacial score (nSPS) is 15.8. The second-order valence-corrected chi connectivity index (χ2v) is 9.89. The van der Waals surface area contributed by atoms with E-state index in [0.29, 0.717) is 18.2 Å². The molecule has 1 amide bonds. The Balaban J connectivity index is 1.13. The number of ether oxygens (including phenoxy) is 1. The number of methoxy groups -OCH3 is 1. The fraction of sp³-hybridized carbons (Fsp3) is 0.300. The van der Waals surface area contributed by atoms with Crippen molar-refractivity contribution < 1.29 is 14.3 Å². The Bertz CT molecular complexity index is 1400. The van der Waals surface area contributed by atoms with E-state index in [2.05, 4.69) is 56.1 Å². The summed E-state index contributed by atoms with van der Waals surface area (Å²) in [7, 11) is 1.37. The second-order valence-electron chi connectivity index (χ2n) is 9.89. The van der Waals surface area contributed by atoms with Crippen molar-refractivity contribution in [1.29, 1.82) is 0 Å². The molecule has 1 aliphatic rings. The highest BCUT2D eigenvalue weighted by Crippen LogP contribution is 2.22. The molecule has 0 spiro atoms. The topological polar surface area (TPSA) is 99.4 Å². The number of likely N-dealkylation sites (tertiary alicyclic amines) is 1. The van der Waals surface area contributed by atoms with E-state index in [0.717, 1.165) is 60.2 Å². The van der Waals surface area contributed by atoms with Crippen LogP contribution in [0.15, 0.2) is 72.9 Å². The quantitative estimate of drug-likeness (QED) is 0.286. The summed E-state index contributed by atoms with van der Waals surface area (Å²) in [6, 6.07) is 22.2. The molecule has 196 valence electrons. The van der Waals surface area contributed by atoms with Crippen LogP contribution < -0.4 is 10.6 Å². The third-order valence-corrected chi connectivity index (χ3v) is 6.89. The van der Waals surface area contributed by atoms with Gasteiger partial charge in [-0.25, -0.2) is 0 Å². The van der Waals surface area contributed by atoms with Gasteiger partial charge in [-0.05, 0) is 66.4 Å². The van der Waals surface area contributed by atoms with Gasteiger partial charge in [-0.1, -0.05) is 36.4 Å². The fourth-order valence-corrected chi connectivity index (χ4v) is 5.02. The number of nitrogens with zero attached hydrogens (tertiary/aromatic N) is 2. The van der Waals surface area contributed by atoms with E-state index < -0.39 is 0 Å². The SMILES string of the molecule is COC(=O)Cc1ccc(NC(=O)Cc2cccc(CN3CCCC(Nc4ccc5[nH]ncc5c4)C3)c2)cc1. The second kappa shape index (κ2) is 11.9. The summed E-state index contributed by atoms with van der Waals surface area (Å²) < 4.78 is 4.69. The molecule has 8 nitrogen and oxygen atoms in total. The summed E-state index contributed by atoms with van der Waals surface area (Å²) in [4.78, 5) is 26.6. The number of esters is 1. The first kappa shape index (κ1) is 25.5. The molecule has 0 aliphatic carbocycles. The molecule has 0 bridgehead atoms. The number of hydrogen-bond acceptors (Lipinski definition) is 6. The van der Waals surface area contributed by atoms with E-state index in [1.807, 2.05) is 30.5 Å². The molecule has 8 heteroatoms. The van der Waals surface area contributed by atoms with Crippen LogP contribution in [0.4, 0.5) is 11.4 Å². The average molecular weight is 512 g/mol. The number of aromatic nitrogens is 2. The summed E-state index contributed by atoms with van der Waals surface area (Å²) in [5, 5.41) is 14.9. The lowest BCUT2D eigenvalue weighted by Gasteiger charge is -2.33. The van der Waals surface area contributed by atoms with Crippen LogP contribution in [-0.4, -0.2) is 53.2 Å². The predicted octanol–water partition coefficient (Wildman–Crippen LogP) is 4.54. The van der Waals surface area contributed by atoms with Crippen molar-refractivity contribution in [3.05, 3.63) is 89.6 Å². The van der Waals surface area contributed by atoms with E-state index in [4.69, 9.17) is 4.74 Å². The van der Waals surface area contributed by atoms with E-state index in [9.17, 15) is 9.59 Å². The number of nitrogens with one attached hydrogen (secondary N) is 3. The van der Waals surface area contributed by atoms with Crippen LogP contribution in [0.3, 0.4) is 0 Å². The third-order valence-electron chi connectivity index (χ3n) is 6.89. The number of anilines is 2. The van der Waals surface area contributed by atoms with Crippen molar-refractivity contribution in [3.8, 4) is 0 Å². The Morgan fingerprint density at radius 3 is 2.66 bits per heavy atom. The monoisotopic (exact) mass is 511 g/mol. The lowest BCUT2D eigenvalue weighted by molar-refractivity contribution is -0.139. The molecule has 0 saturated carbocycles. The van der Waals surface area contributed by atoms with Gasteiger partial charge in [-0.2, -0.15) is 5.10 Å². The van der Waals surface area contributed by atoms with Gasteiger partial charge in [0, 0.05) is 35.9 Å². The van der Waals surface area contributed by atoms with E-state index in [1.54, 1.807) is 12.1 Å². The zero-order valence-electron chi connectivity index (χ0n) is 21.6. The number of benzene rings is 3. The number of amides is 1. The molecule has 4 aromatic rings. The highest BCUT2D eigenvalue weighted by molar-refractivity contribution is 5.92. The van der Waals surface area contributed by atoms with Crippen LogP contribution >= 0.6 is 0 Å². The average Bonchev–Trinajstić information content (AvgIpc) is 3.38. The maximum atomic E-state index is 12.7. The molecular weight excluding hydrogens is 478 g/mol. The minimum atomic E-state index is -0.287. The van der Waals surface area contributed by atoms with Crippen LogP contribution in [0.1, 0.15) is 29.5 Å². The van der Waals surface area contributed by atoms with Crippen molar-refractivity contribution in [2.75, 3.05) is 30.8 Å². The van der Waals surface area contributed by atoms with Crippen LogP contribution in [0.2, 0.25) is 0 Å². The smallest absolute Gasteiger partial charge is 0.309 e. The Kier molecular flexibility index (Phi) is 7.99. The summed E-state index contributed by atoms with van der Waals surface area (Å²) >= 11 is 0. The first-order chi connectivity index (χ1) is 18.5. The third kappa shape index (κ3) is 6.77. The Labute approximate surface area is 222 Å². The van der Waals surface area contributed by atoms with Crippen LogP contribution in [0, 0.1) is 0 Å². The molecule has 1 aromatic heterocycles. The molecular formula is C30H33N5O3. The van der Waals surface area contributed by atoms with Gasteiger partial charge in [0.05, 0.1) is 31.7 Å². The number of hydrogen-bond donors (Lipinski definition) is 3. The molecule has 1 saturated heterocycles. The molecule has 1 unspecified atom stereocenters. The lowest BCUT2D eigenvalue weighted by atomic mass is 10.0. The minimum Gasteiger partial charge on any atom is -0.469 e. The number of rotatable bonds is 9. The van der Waals surface area contributed by atoms with E-state index in [-0.39, 0.29) is 18.3 Å². The predicted molar refractivity (Wildman–Crippen MR) is 149 cm³/mol. The number of piperidine rings is 1. The number of carbonyl (C=O) groups is 2. The molecule has 38 heavy (non-hydrogen) atoms. The van der Waals surface area contributed by atoms with Crippen LogP contribution in [0.5, 0.6) is 0 Å². The van der Waals surface area contributed by atoms with Crippen LogP contribution in [0.25, 0.3) is 10.9 Å². The van der Waals surface area contributed by atoms with Gasteiger partial charge < -0.3 is 15.4 Å². The van der Waals surface area contributed by atoms with Crippen molar-refractivity contribution in [2.24, 2.45) is 0 Å². The molecule has 5 rings (SSSR count). The summed E-state index contributed by atoms with van der Waals surface area (Å²) in [6.45, 7) is 2.89. The highest BCUT2D eigenvalue weighted by Gasteiger charge is 2.20. The van der Waals surface area contributed by atoms with Crippen molar-refractivity contribution in [2.45, 2.75) is 38.3 Å². The molecule has 0 radical (unpaired) electrons. The van der Waals surface area contributed by atoms with Gasteiger partial charge in [0.1, 0.15) is 0 Å². The lowest BCUT2D eigenvalue weighted by Crippen LogP contribution is -2.41. The van der Waals surface area contributed by atoms with Gasteiger partial charge in [0.15, 0.2) is 0 Å². The molecule has 1 fully saturated rings. The number of carbonyl (C=O) groups excluding carboxylic acids is 2. The number of H-pyrrole nitrogens is 1. The summed E-state index contributed by atoms with van der Waals surface area (Å²) in [5.74, 6) is -0.357. The first-order valence-corrected chi connectivity index (χ1v) is 13.0. The molecule has 1 atom stereocenters.